The second kappa shape index (κ2) is 4.06. The van der Waals surface area contributed by atoms with Crippen LogP contribution < -0.4 is 11.1 Å². The fourth-order valence-corrected chi connectivity index (χ4v) is 1.84. The molecule has 0 aliphatic carbocycles. The fourth-order valence-electron chi connectivity index (χ4n) is 1.84. The number of carbonyl (C=O) groups excluding carboxylic acids is 2. The predicted octanol–water partition coefficient (Wildman–Crippen LogP) is -0.955. The van der Waals surface area contributed by atoms with Crippen molar-refractivity contribution in [1.29, 1.82) is 0 Å². The molecule has 0 bridgehead atoms. The highest BCUT2D eigenvalue weighted by Gasteiger charge is 2.38. The van der Waals surface area contributed by atoms with E-state index in [4.69, 9.17) is 10.5 Å². The molecular formula is C9H15N3O3. The van der Waals surface area contributed by atoms with Gasteiger partial charge in [-0.1, -0.05) is 0 Å². The Labute approximate surface area is 87.7 Å². The Morgan fingerprint density at radius 2 is 2.20 bits per heavy atom. The van der Waals surface area contributed by atoms with Gasteiger partial charge < -0.3 is 15.8 Å². The van der Waals surface area contributed by atoms with Crippen LogP contribution in [0.15, 0.2) is 0 Å². The third-order valence-electron chi connectivity index (χ3n) is 2.87. The summed E-state index contributed by atoms with van der Waals surface area (Å²) in [6, 6.07) is -0.466. The van der Waals surface area contributed by atoms with Gasteiger partial charge in [-0.2, -0.15) is 0 Å². The van der Waals surface area contributed by atoms with Crippen molar-refractivity contribution in [2.24, 2.45) is 5.73 Å². The van der Waals surface area contributed by atoms with E-state index in [0.29, 0.717) is 19.5 Å². The average Bonchev–Trinajstić information content (AvgIpc) is 2.52. The molecule has 2 heterocycles. The van der Waals surface area contributed by atoms with E-state index in [-0.39, 0.29) is 6.10 Å². The zero-order chi connectivity index (χ0) is 10.8. The maximum absolute atomic E-state index is 11.6. The maximum atomic E-state index is 11.6. The Kier molecular flexibility index (Phi) is 2.77. The predicted molar refractivity (Wildman–Crippen MR) is 52.1 cm³/mol. The van der Waals surface area contributed by atoms with Crippen molar-refractivity contribution in [2.75, 3.05) is 19.6 Å². The average molecular weight is 213 g/mol. The first-order valence-electron chi connectivity index (χ1n) is 5.16. The molecule has 2 aliphatic heterocycles. The number of carbonyl (C=O) groups is 2. The molecule has 2 unspecified atom stereocenters. The molecule has 0 radical (unpaired) electrons. The summed E-state index contributed by atoms with van der Waals surface area (Å²) in [6.45, 7) is 2.13. The smallest absolute Gasteiger partial charge is 0.410 e. The summed E-state index contributed by atoms with van der Waals surface area (Å²) < 4.78 is 5.21. The molecule has 3 N–H and O–H groups in total. The van der Waals surface area contributed by atoms with Crippen molar-refractivity contribution in [1.82, 2.24) is 10.2 Å². The second-order valence-electron chi connectivity index (χ2n) is 3.90. The number of likely N-dealkylation sites (tertiary alicyclic amines) is 1. The third kappa shape index (κ3) is 2.04. The van der Waals surface area contributed by atoms with Crippen LogP contribution in [-0.2, 0) is 9.53 Å². The minimum atomic E-state index is -0.466. The van der Waals surface area contributed by atoms with Crippen LogP contribution in [0.25, 0.3) is 0 Å². The van der Waals surface area contributed by atoms with Crippen LogP contribution in [0.3, 0.4) is 0 Å². The normalized spacial score (nSPS) is 29.7. The SMILES string of the molecule is NC(=O)C1CCN1C(=O)OC1CCNC1. The van der Waals surface area contributed by atoms with Gasteiger partial charge in [0.2, 0.25) is 5.91 Å². The van der Waals surface area contributed by atoms with Crippen molar-refractivity contribution in [3.8, 4) is 0 Å². The van der Waals surface area contributed by atoms with E-state index in [1.54, 1.807) is 0 Å². The van der Waals surface area contributed by atoms with Gasteiger partial charge in [0, 0.05) is 13.1 Å². The van der Waals surface area contributed by atoms with E-state index in [9.17, 15) is 9.59 Å². The van der Waals surface area contributed by atoms with E-state index in [1.807, 2.05) is 0 Å². The molecule has 0 saturated carbocycles. The van der Waals surface area contributed by atoms with E-state index in [2.05, 4.69) is 5.32 Å². The summed E-state index contributed by atoms with van der Waals surface area (Å²) in [5.41, 5.74) is 5.13. The molecule has 6 nitrogen and oxygen atoms in total. The Balaban J connectivity index is 1.82. The van der Waals surface area contributed by atoms with Gasteiger partial charge in [0.1, 0.15) is 12.1 Å². The molecule has 0 spiro atoms. The standard InChI is InChI=1S/C9H15N3O3/c10-8(13)7-2-4-12(7)9(14)15-6-1-3-11-5-6/h6-7,11H,1-5H2,(H2,10,13). The Morgan fingerprint density at radius 3 is 2.67 bits per heavy atom. The molecule has 84 valence electrons. The van der Waals surface area contributed by atoms with Gasteiger partial charge >= 0.3 is 6.09 Å². The zero-order valence-electron chi connectivity index (χ0n) is 8.44. The van der Waals surface area contributed by atoms with Crippen LogP contribution in [0.4, 0.5) is 4.79 Å². The second-order valence-corrected chi connectivity index (χ2v) is 3.90. The highest BCUT2D eigenvalue weighted by molar-refractivity contribution is 5.85. The van der Waals surface area contributed by atoms with Gasteiger partial charge in [-0.15, -0.1) is 0 Å². The quantitative estimate of drug-likeness (QED) is 0.619. The van der Waals surface area contributed by atoms with Crippen LogP contribution in [0.5, 0.6) is 0 Å². The third-order valence-corrected chi connectivity index (χ3v) is 2.87. The monoisotopic (exact) mass is 213 g/mol. The number of ether oxygens (including phenoxy) is 1. The minimum Gasteiger partial charge on any atom is -0.445 e. The lowest BCUT2D eigenvalue weighted by atomic mass is 10.0. The first-order valence-corrected chi connectivity index (χ1v) is 5.16. The molecule has 2 rings (SSSR count). The summed E-state index contributed by atoms with van der Waals surface area (Å²) in [5.74, 6) is -0.456. The lowest BCUT2D eigenvalue weighted by Crippen LogP contribution is -2.57. The molecule has 15 heavy (non-hydrogen) atoms. The van der Waals surface area contributed by atoms with Crippen molar-refractivity contribution < 1.29 is 14.3 Å². The topological polar surface area (TPSA) is 84.7 Å². The summed E-state index contributed by atoms with van der Waals surface area (Å²) >= 11 is 0. The highest BCUT2D eigenvalue weighted by atomic mass is 16.6. The van der Waals surface area contributed by atoms with Gasteiger partial charge in [0.25, 0.3) is 0 Å². The fraction of sp³-hybridized carbons (Fsp3) is 0.778. The largest absolute Gasteiger partial charge is 0.445 e. The summed E-state index contributed by atoms with van der Waals surface area (Å²) in [5, 5.41) is 3.10. The van der Waals surface area contributed by atoms with E-state index in [0.717, 1.165) is 13.0 Å². The highest BCUT2D eigenvalue weighted by Crippen LogP contribution is 2.19. The Morgan fingerprint density at radius 1 is 1.40 bits per heavy atom. The van der Waals surface area contributed by atoms with Crippen molar-refractivity contribution >= 4 is 12.0 Å². The van der Waals surface area contributed by atoms with Gasteiger partial charge in [0.15, 0.2) is 0 Å². The maximum Gasteiger partial charge on any atom is 0.410 e. The van der Waals surface area contributed by atoms with Crippen LogP contribution in [0.1, 0.15) is 12.8 Å². The molecule has 2 aliphatic rings. The van der Waals surface area contributed by atoms with Gasteiger partial charge in [-0.3, -0.25) is 9.69 Å². The number of rotatable bonds is 2. The molecule has 2 fully saturated rings. The summed E-state index contributed by atoms with van der Waals surface area (Å²) in [7, 11) is 0. The number of amides is 2. The van der Waals surface area contributed by atoms with E-state index < -0.39 is 18.0 Å². The molecule has 0 aromatic rings. The molecule has 0 aromatic heterocycles. The molecule has 2 atom stereocenters. The number of hydrogen-bond donors (Lipinski definition) is 2. The molecular weight excluding hydrogens is 198 g/mol. The lowest BCUT2D eigenvalue weighted by molar-refractivity contribution is -0.126. The first-order chi connectivity index (χ1) is 7.18. The van der Waals surface area contributed by atoms with Crippen molar-refractivity contribution in [2.45, 2.75) is 25.0 Å². The van der Waals surface area contributed by atoms with Crippen molar-refractivity contribution in [3.05, 3.63) is 0 Å². The number of nitrogens with two attached hydrogens (primary N) is 1. The minimum absolute atomic E-state index is 0.0633. The number of primary amides is 1. The van der Waals surface area contributed by atoms with E-state index in [1.165, 1.54) is 4.90 Å². The Hall–Kier alpha value is -1.30. The number of nitrogens with zero attached hydrogens (tertiary/aromatic N) is 1. The van der Waals surface area contributed by atoms with E-state index >= 15 is 0 Å². The molecule has 2 saturated heterocycles. The first kappa shape index (κ1) is 10.2. The van der Waals surface area contributed by atoms with Crippen LogP contribution >= 0.6 is 0 Å². The molecule has 2 amide bonds. The number of hydrogen-bond acceptors (Lipinski definition) is 4. The van der Waals surface area contributed by atoms with Crippen molar-refractivity contribution in [3.63, 3.8) is 0 Å². The zero-order valence-corrected chi connectivity index (χ0v) is 8.44. The van der Waals surface area contributed by atoms with Gasteiger partial charge in [0.05, 0.1) is 0 Å². The summed E-state index contributed by atoms with van der Waals surface area (Å²) in [4.78, 5) is 23.8. The van der Waals surface area contributed by atoms with Gasteiger partial charge in [-0.05, 0) is 19.4 Å². The van der Waals surface area contributed by atoms with Crippen LogP contribution in [0.2, 0.25) is 0 Å². The number of nitrogens with one attached hydrogen (secondary N) is 1. The lowest BCUT2D eigenvalue weighted by Gasteiger charge is -2.38. The van der Waals surface area contributed by atoms with Gasteiger partial charge in [-0.25, -0.2) is 4.79 Å². The molecule has 6 heteroatoms. The molecule has 0 aromatic carbocycles. The summed E-state index contributed by atoms with van der Waals surface area (Å²) in [6.07, 6.45) is 0.999. The van der Waals surface area contributed by atoms with Crippen LogP contribution in [-0.4, -0.2) is 48.7 Å². The van der Waals surface area contributed by atoms with Crippen LogP contribution in [0, 0.1) is 0 Å². The Bertz CT molecular complexity index is 276.